The Hall–Kier alpha value is -1.55. The highest BCUT2D eigenvalue weighted by Gasteiger charge is 2.00. The number of carbonyl (C=O) groups is 1. The Morgan fingerprint density at radius 1 is 1.60 bits per heavy atom. The molecule has 0 aliphatic carbocycles. The maximum atomic E-state index is 10.8. The lowest BCUT2D eigenvalue weighted by Crippen LogP contribution is -2.13. The number of aliphatic hydroxyl groups is 1. The van der Waals surface area contributed by atoms with Crippen LogP contribution in [-0.2, 0) is 4.79 Å². The second kappa shape index (κ2) is 5.36. The number of carbonyl (C=O) groups excluding carboxylic acids is 1. The van der Waals surface area contributed by atoms with Crippen LogP contribution in [0.4, 0.5) is 5.69 Å². The summed E-state index contributed by atoms with van der Waals surface area (Å²) in [5.74, 6) is 0.504. The first kappa shape index (κ1) is 11.5. The molecule has 0 aliphatic heterocycles. The fourth-order valence-corrected chi connectivity index (χ4v) is 1.08. The quantitative estimate of drug-likeness (QED) is 0.788. The normalized spacial score (nSPS) is 11.9. The smallest absolute Gasteiger partial charge is 0.221 e. The maximum absolute atomic E-state index is 10.8. The van der Waals surface area contributed by atoms with Crippen molar-refractivity contribution in [3.05, 3.63) is 24.3 Å². The van der Waals surface area contributed by atoms with Crippen LogP contribution in [0.25, 0.3) is 0 Å². The maximum Gasteiger partial charge on any atom is 0.221 e. The second-order valence-electron chi connectivity index (χ2n) is 3.37. The third kappa shape index (κ3) is 4.46. The number of benzene rings is 1. The van der Waals surface area contributed by atoms with Crippen LogP contribution in [-0.4, -0.2) is 23.7 Å². The third-order valence-corrected chi connectivity index (χ3v) is 1.65. The van der Waals surface area contributed by atoms with Gasteiger partial charge in [0.15, 0.2) is 0 Å². The lowest BCUT2D eigenvalue weighted by Gasteiger charge is -2.09. The second-order valence-corrected chi connectivity index (χ2v) is 3.37. The van der Waals surface area contributed by atoms with Crippen LogP contribution in [0.15, 0.2) is 24.3 Å². The van der Waals surface area contributed by atoms with E-state index in [-0.39, 0.29) is 12.5 Å². The minimum Gasteiger partial charge on any atom is -0.491 e. The van der Waals surface area contributed by atoms with Crippen molar-refractivity contribution in [2.45, 2.75) is 20.0 Å². The first-order valence-corrected chi connectivity index (χ1v) is 4.76. The van der Waals surface area contributed by atoms with Gasteiger partial charge in [0.1, 0.15) is 12.4 Å². The van der Waals surface area contributed by atoms with E-state index in [1.54, 1.807) is 31.2 Å². The molecule has 0 saturated heterocycles. The van der Waals surface area contributed by atoms with Gasteiger partial charge in [-0.2, -0.15) is 0 Å². The van der Waals surface area contributed by atoms with E-state index in [1.807, 2.05) is 0 Å². The van der Waals surface area contributed by atoms with Gasteiger partial charge in [-0.15, -0.1) is 0 Å². The minimum atomic E-state index is -0.505. The Morgan fingerprint density at radius 3 is 2.93 bits per heavy atom. The molecule has 1 aromatic rings. The van der Waals surface area contributed by atoms with Gasteiger partial charge < -0.3 is 15.2 Å². The molecular formula is C11H15NO3. The summed E-state index contributed by atoms with van der Waals surface area (Å²) < 4.78 is 5.29. The van der Waals surface area contributed by atoms with Crippen LogP contribution in [0.3, 0.4) is 0 Å². The zero-order chi connectivity index (χ0) is 11.3. The number of rotatable bonds is 4. The summed E-state index contributed by atoms with van der Waals surface area (Å²) in [6.07, 6.45) is -0.505. The number of anilines is 1. The van der Waals surface area contributed by atoms with Gasteiger partial charge in [0, 0.05) is 18.7 Å². The fourth-order valence-electron chi connectivity index (χ4n) is 1.08. The molecule has 1 rings (SSSR count). The molecule has 0 saturated carbocycles. The standard InChI is InChI=1S/C11H15NO3/c1-8(13)7-15-11-5-3-4-10(6-11)12-9(2)14/h3-6,8,13H,7H2,1-2H3,(H,12,14)/t8-/m1/s1. The molecule has 0 bridgehead atoms. The van der Waals surface area contributed by atoms with Gasteiger partial charge in [0.25, 0.3) is 0 Å². The average molecular weight is 209 g/mol. The molecule has 0 aromatic heterocycles. The summed E-state index contributed by atoms with van der Waals surface area (Å²) >= 11 is 0. The van der Waals surface area contributed by atoms with E-state index < -0.39 is 6.10 Å². The van der Waals surface area contributed by atoms with Gasteiger partial charge >= 0.3 is 0 Å². The van der Waals surface area contributed by atoms with Crippen molar-refractivity contribution in [2.75, 3.05) is 11.9 Å². The highest BCUT2D eigenvalue weighted by molar-refractivity contribution is 5.88. The van der Waals surface area contributed by atoms with Gasteiger partial charge in [0.05, 0.1) is 6.10 Å². The Kier molecular flexibility index (Phi) is 4.12. The Labute approximate surface area is 88.9 Å². The van der Waals surface area contributed by atoms with Crippen molar-refractivity contribution < 1.29 is 14.6 Å². The summed E-state index contributed by atoms with van der Waals surface area (Å²) in [5, 5.41) is 11.7. The first-order valence-electron chi connectivity index (χ1n) is 4.76. The molecule has 1 aromatic carbocycles. The molecule has 4 heteroatoms. The lowest BCUT2D eigenvalue weighted by molar-refractivity contribution is -0.114. The van der Waals surface area contributed by atoms with E-state index in [0.29, 0.717) is 11.4 Å². The zero-order valence-electron chi connectivity index (χ0n) is 8.86. The Morgan fingerprint density at radius 2 is 2.33 bits per heavy atom. The molecule has 15 heavy (non-hydrogen) atoms. The van der Waals surface area contributed by atoms with Gasteiger partial charge in [-0.05, 0) is 19.1 Å². The van der Waals surface area contributed by atoms with Crippen LogP contribution in [0.1, 0.15) is 13.8 Å². The van der Waals surface area contributed by atoms with Gasteiger partial charge in [-0.25, -0.2) is 0 Å². The molecule has 0 spiro atoms. The first-order chi connectivity index (χ1) is 7.08. The molecule has 1 atom stereocenters. The zero-order valence-corrected chi connectivity index (χ0v) is 8.86. The largest absolute Gasteiger partial charge is 0.491 e. The molecule has 0 aliphatic rings. The summed E-state index contributed by atoms with van der Waals surface area (Å²) in [6.45, 7) is 3.34. The van der Waals surface area contributed by atoms with Crippen molar-refractivity contribution in [1.82, 2.24) is 0 Å². The van der Waals surface area contributed by atoms with Crippen LogP contribution in [0.2, 0.25) is 0 Å². The number of hydrogen-bond acceptors (Lipinski definition) is 3. The molecular weight excluding hydrogens is 194 g/mol. The topological polar surface area (TPSA) is 58.6 Å². The summed E-state index contributed by atoms with van der Waals surface area (Å²) in [6, 6.07) is 7.04. The third-order valence-electron chi connectivity index (χ3n) is 1.65. The minimum absolute atomic E-state index is 0.123. The molecule has 82 valence electrons. The number of ether oxygens (including phenoxy) is 1. The highest BCUT2D eigenvalue weighted by atomic mass is 16.5. The van der Waals surface area contributed by atoms with E-state index in [9.17, 15) is 4.79 Å². The molecule has 4 nitrogen and oxygen atoms in total. The van der Waals surface area contributed by atoms with E-state index in [4.69, 9.17) is 9.84 Å². The Bertz CT molecular complexity index is 336. The van der Waals surface area contributed by atoms with E-state index in [1.165, 1.54) is 6.92 Å². The fraction of sp³-hybridized carbons (Fsp3) is 0.364. The van der Waals surface area contributed by atoms with Gasteiger partial charge in [0.2, 0.25) is 5.91 Å². The highest BCUT2D eigenvalue weighted by Crippen LogP contribution is 2.17. The van der Waals surface area contributed by atoms with Crippen molar-refractivity contribution in [3.63, 3.8) is 0 Å². The van der Waals surface area contributed by atoms with Crippen LogP contribution < -0.4 is 10.1 Å². The van der Waals surface area contributed by atoms with E-state index >= 15 is 0 Å². The van der Waals surface area contributed by atoms with E-state index in [2.05, 4.69) is 5.32 Å². The number of hydrogen-bond donors (Lipinski definition) is 2. The molecule has 2 N–H and O–H groups in total. The molecule has 0 fully saturated rings. The van der Waals surface area contributed by atoms with Crippen LogP contribution >= 0.6 is 0 Å². The summed E-state index contributed by atoms with van der Waals surface area (Å²) in [7, 11) is 0. The monoisotopic (exact) mass is 209 g/mol. The molecule has 0 heterocycles. The molecule has 0 unspecified atom stereocenters. The molecule has 1 amide bonds. The van der Waals surface area contributed by atoms with Crippen molar-refractivity contribution >= 4 is 11.6 Å². The molecule has 0 radical (unpaired) electrons. The van der Waals surface area contributed by atoms with Gasteiger partial charge in [-0.3, -0.25) is 4.79 Å². The lowest BCUT2D eigenvalue weighted by atomic mass is 10.3. The predicted octanol–water partition coefficient (Wildman–Crippen LogP) is 1.40. The van der Waals surface area contributed by atoms with Crippen LogP contribution in [0, 0.1) is 0 Å². The van der Waals surface area contributed by atoms with Gasteiger partial charge in [-0.1, -0.05) is 6.07 Å². The van der Waals surface area contributed by atoms with Crippen molar-refractivity contribution in [3.8, 4) is 5.75 Å². The van der Waals surface area contributed by atoms with E-state index in [0.717, 1.165) is 0 Å². The average Bonchev–Trinajstić information content (AvgIpc) is 2.14. The van der Waals surface area contributed by atoms with Crippen molar-refractivity contribution in [1.29, 1.82) is 0 Å². The van der Waals surface area contributed by atoms with Crippen LogP contribution in [0.5, 0.6) is 5.75 Å². The number of aliphatic hydroxyl groups excluding tert-OH is 1. The number of nitrogens with one attached hydrogen (secondary N) is 1. The number of amides is 1. The Balaban J connectivity index is 2.61. The summed E-state index contributed by atoms with van der Waals surface area (Å²) in [4.78, 5) is 10.8. The summed E-state index contributed by atoms with van der Waals surface area (Å²) in [5.41, 5.74) is 0.686. The SMILES string of the molecule is CC(=O)Nc1cccc(OC[C@@H](C)O)c1. The van der Waals surface area contributed by atoms with Crippen molar-refractivity contribution in [2.24, 2.45) is 0 Å². The predicted molar refractivity (Wildman–Crippen MR) is 57.9 cm³/mol.